The summed E-state index contributed by atoms with van der Waals surface area (Å²) in [6, 6.07) is 8.32. The second-order valence-corrected chi connectivity index (χ2v) is 3.88. The Bertz CT molecular complexity index is 351. The van der Waals surface area contributed by atoms with Gasteiger partial charge in [-0.25, -0.2) is 0 Å². The van der Waals surface area contributed by atoms with Crippen LogP contribution in [0, 0.1) is 0 Å². The third-order valence-corrected chi connectivity index (χ3v) is 2.72. The van der Waals surface area contributed by atoms with Gasteiger partial charge in [-0.1, -0.05) is 24.3 Å². The number of nitrogens with zero attached hydrogens (tertiary/aromatic N) is 1. The number of hydrogen-bond donors (Lipinski definition) is 0. The molecule has 1 heterocycles. The number of carbonyl (C=O) groups excluding carboxylic acids is 1. The van der Waals surface area contributed by atoms with Crippen molar-refractivity contribution in [3.8, 4) is 0 Å². The quantitative estimate of drug-likeness (QED) is 0.691. The summed E-state index contributed by atoms with van der Waals surface area (Å²) in [4.78, 5) is 13.0. The van der Waals surface area contributed by atoms with Crippen LogP contribution in [0.15, 0.2) is 24.3 Å². The van der Waals surface area contributed by atoms with Crippen LogP contribution >= 0.6 is 0 Å². The number of ether oxygens (including phenoxy) is 1. The van der Waals surface area contributed by atoms with Crippen LogP contribution in [-0.2, 0) is 22.6 Å². The van der Waals surface area contributed by atoms with E-state index in [1.54, 1.807) is 0 Å². The Labute approximate surface area is 89.7 Å². The van der Waals surface area contributed by atoms with Crippen LogP contribution in [0.1, 0.15) is 25.0 Å². The molecular formula is C12H15NO2. The van der Waals surface area contributed by atoms with E-state index in [0.717, 1.165) is 13.1 Å². The predicted octanol–water partition coefficient (Wildman–Crippen LogP) is 1.91. The van der Waals surface area contributed by atoms with Gasteiger partial charge in [0.1, 0.15) is 0 Å². The van der Waals surface area contributed by atoms with Gasteiger partial charge in [0, 0.05) is 20.0 Å². The number of benzene rings is 1. The lowest BCUT2D eigenvalue weighted by Gasteiger charge is -2.22. The minimum Gasteiger partial charge on any atom is -0.447 e. The third-order valence-electron chi connectivity index (χ3n) is 2.72. The van der Waals surface area contributed by atoms with Crippen LogP contribution in [0.3, 0.4) is 0 Å². The first-order valence-electron chi connectivity index (χ1n) is 5.15. The molecule has 3 heteroatoms. The number of fused-ring (bicyclic) bond motifs is 1. The number of carbonyl (C=O) groups is 1. The molecule has 0 spiro atoms. The molecule has 0 radical (unpaired) electrons. The second-order valence-electron chi connectivity index (χ2n) is 3.88. The minimum absolute atomic E-state index is 0.144. The van der Waals surface area contributed by atoms with Gasteiger partial charge in [0.2, 0.25) is 0 Å². The highest BCUT2D eigenvalue weighted by Crippen LogP contribution is 2.24. The Morgan fingerprint density at radius 1 is 1.33 bits per heavy atom. The van der Waals surface area contributed by atoms with Gasteiger partial charge in [0.15, 0.2) is 6.23 Å². The topological polar surface area (TPSA) is 29.5 Å². The molecule has 1 aromatic rings. The summed E-state index contributed by atoms with van der Waals surface area (Å²) in [7, 11) is 0. The Morgan fingerprint density at radius 2 is 1.87 bits per heavy atom. The standard InChI is InChI=1S/C12H15NO2/c1-9(15-10(2)14)13-7-11-5-3-4-6-12(11)8-13/h3-6,9H,7-8H2,1-2H3. The molecule has 0 saturated carbocycles. The monoisotopic (exact) mass is 205 g/mol. The summed E-state index contributed by atoms with van der Waals surface area (Å²) in [5, 5.41) is 0. The molecule has 0 aliphatic carbocycles. The normalized spacial score (nSPS) is 17.2. The van der Waals surface area contributed by atoms with E-state index in [4.69, 9.17) is 4.74 Å². The van der Waals surface area contributed by atoms with Crippen LogP contribution in [0.5, 0.6) is 0 Å². The third kappa shape index (κ3) is 2.18. The molecule has 0 saturated heterocycles. The van der Waals surface area contributed by atoms with E-state index in [2.05, 4.69) is 17.0 Å². The van der Waals surface area contributed by atoms with E-state index in [0.29, 0.717) is 0 Å². The van der Waals surface area contributed by atoms with Crippen LogP contribution in [-0.4, -0.2) is 17.1 Å². The molecule has 3 nitrogen and oxygen atoms in total. The molecular weight excluding hydrogens is 190 g/mol. The highest BCUT2D eigenvalue weighted by Gasteiger charge is 2.23. The Kier molecular flexibility index (Phi) is 2.73. The Morgan fingerprint density at radius 3 is 2.33 bits per heavy atom. The van der Waals surface area contributed by atoms with E-state index >= 15 is 0 Å². The van der Waals surface area contributed by atoms with Gasteiger partial charge >= 0.3 is 5.97 Å². The van der Waals surface area contributed by atoms with E-state index in [1.165, 1.54) is 18.1 Å². The van der Waals surface area contributed by atoms with Crippen molar-refractivity contribution in [2.24, 2.45) is 0 Å². The van der Waals surface area contributed by atoms with Gasteiger partial charge in [-0.2, -0.15) is 0 Å². The van der Waals surface area contributed by atoms with E-state index in [9.17, 15) is 4.79 Å². The fourth-order valence-electron chi connectivity index (χ4n) is 1.93. The zero-order valence-corrected chi connectivity index (χ0v) is 9.06. The van der Waals surface area contributed by atoms with E-state index in [-0.39, 0.29) is 12.2 Å². The van der Waals surface area contributed by atoms with Gasteiger partial charge in [-0.15, -0.1) is 0 Å². The van der Waals surface area contributed by atoms with Gasteiger partial charge in [0.05, 0.1) is 0 Å². The Balaban J connectivity index is 2.03. The van der Waals surface area contributed by atoms with Crippen molar-refractivity contribution in [2.45, 2.75) is 33.2 Å². The van der Waals surface area contributed by atoms with E-state index < -0.39 is 0 Å². The van der Waals surface area contributed by atoms with Crippen molar-refractivity contribution >= 4 is 5.97 Å². The van der Waals surface area contributed by atoms with Crippen molar-refractivity contribution in [2.75, 3.05) is 0 Å². The maximum Gasteiger partial charge on any atom is 0.304 e. The van der Waals surface area contributed by atoms with E-state index in [1.807, 2.05) is 19.1 Å². The first-order valence-corrected chi connectivity index (χ1v) is 5.15. The second kappa shape index (κ2) is 4.03. The van der Waals surface area contributed by atoms with Crippen molar-refractivity contribution in [3.05, 3.63) is 35.4 Å². The average molecular weight is 205 g/mol. The van der Waals surface area contributed by atoms with Crippen molar-refractivity contribution in [1.29, 1.82) is 0 Å². The average Bonchev–Trinajstić information content (AvgIpc) is 2.59. The fourth-order valence-corrected chi connectivity index (χ4v) is 1.93. The van der Waals surface area contributed by atoms with Crippen LogP contribution in [0.2, 0.25) is 0 Å². The largest absolute Gasteiger partial charge is 0.447 e. The lowest BCUT2D eigenvalue weighted by atomic mass is 10.1. The highest BCUT2D eigenvalue weighted by atomic mass is 16.6. The highest BCUT2D eigenvalue weighted by molar-refractivity contribution is 5.66. The van der Waals surface area contributed by atoms with Crippen LogP contribution < -0.4 is 0 Å². The number of hydrogen-bond acceptors (Lipinski definition) is 3. The molecule has 1 unspecified atom stereocenters. The lowest BCUT2D eigenvalue weighted by molar-refractivity contribution is -0.155. The molecule has 1 atom stereocenters. The van der Waals surface area contributed by atoms with Crippen LogP contribution in [0.25, 0.3) is 0 Å². The molecule has 2 rings (SSSR count). The van der Waals surface area contributed by atoms with Crippen molar-refractivity contribution < 1.29 is 9.53 Å². The SMILES string of the molecule is CC(=O)OC(C)N1Cc2ccccc2C1. The molecule has 0 N–H and O–H groups in total. The maximum atomic E-state index is 10.8. The van der Waals surface area contributed by atoms with Crippen molar-refractivity contribution in [3.63, 3.8) is 0 Å². The summed E-state index contributed by atoms with van der Waals surface area (Å²) < 4.78 is 5.15. The summed E-state index contributed by atoms with van der Waals surface area (Å²) in [5.74, 6) is -0.224. The molecule has 80 valence electrons. The Hall–Kier alpha value is -1.35. The molecule has 0 amide bonds. The minimum atomic E-state index is -0.224. The lowest BCUT2D eigenvalue weighted by Crippen LogP contribution is -2.31. The molecule has 0 fully saturated rings. The molecule has 0 aromatic heterocycles. The summed E-state index contributed by atoms with van der Waals surface area (Å²) >= 11 is 0. The van der Waals surface area contributed by atoms with Gasteiger partial charge < -0.3 is 4.74 Å². The number of esters is 1. The summed E-state index contributed by atoms with van der Waals surface area (Å²) in [6.07, 6.45) is -0.144. The molecule has 15 heavy (non-hydrogen) atoms. The predicted molar refractivity (Wildman–Crippen MR) is 56.9 cm³/mol. The van der Waals surface area contributed by atoms with Gasteiger partial charge in [0.25, 0.3) is 0 Å². The summed E-state index contributed by atoms with van der Waals surface area (Å²) in [6.45, 7) is 5.09. The first-order chi connectivity index (χ1) is 7.16. The molecule has 1 aromatic carbocycles. The molecule has 0 bridgehead atoms. The van der Waals surface area contributed by atoms with Crippen LogP contribution in [0.4, 0.5) is 0 Å². The van der Waals surface area contributed by atoms with Crippen molar-refractivity contribution in [1.82, 2.24) is 4.90 Å². The zero-order chi connectivity index (χ0) is 10.8. The first kappa shape index (κ1) is 10.2. The molecule has 1 aliphatic rings. The maximum absolute atomic E-state index is 10.8. The smallest absolute Gasteiger partial charge is 0.304 e. The zero-order valence-electron chi connectivity index (χ0n) is 9.06. The van der Waals surface area contributed by atoms with Gasteiger partial charge in [-0.3, -0.25) is 9.69 Å². The van der Waals surface area contributed by atoms with Gasteiger partial charge in [-0.05, 0) is 18.1 Å². The molecule has 1 aliphatic heterocycles. The number of rotatable bonds is 2. The summed E-state index contributed by atoms with van der Waals surface area (Å²) in [5.41, 5.74) is 2.66. The fraction of sp³-hybridized carbons (Fsp3) is 0.417.